The van der Waals surface area contributed by atoms with Crippen molar-refractivity contribution in [1.29, 1.82) is 0 Å². The first-order valence-electron chi connectivity index (χ1n) is 6.44. The Hall–Kier alpha value is -1.76. The predicted molar refractivity (Wildman–Crippen MR) is 73.6 cm³/mol. The van der Waals surface area contributed by atoms with Gasteiger partial charge in [0, 0.05) is 24.2 Å². The van der Waals surface area contributed by atoms with Gasteiger partial charge in [-0.15, -0.1) is 11.8 Å². The molecule has 0 bridgehead atoms. The number of carbonyl (C=O) groups is 2. The van der Waals surface area contributed by atoms with Gasteiger partial charge in [0.1, 0.15) is 11.6 Å². The molecule has 2 fully saturated rings. The number of rotatable bonds is 3. The summed E-state index contributed by atoms with van der Waals surface area (Å²) in [5.41, 5.74) is -0.378. The van der Waals surface area contributed by atoms with Crippen molar-refractivity contribution in [2.24, 2.45) is 5.92 Å². The van der Waals surface area contributed by atoms with Crippen LogP contribution in [0.1, 0.15) is 23.2 Å². The summed E-state index contributed by atoms with van der Waals surface area (Å²) in [7, 11) is 0. The summed E-state index contributed by atoms with van der Waals surface area (Å²) in [6.45, 7) is 0. The highest BCUT2D eigenvalue weighted by molar-refractivity contribution is 8.00. The van der Waals surface area contributed by atoms with Gasteiger partial charge in [0.05, 0.1) is 5.37 Å². The topological polar surface area (TPSA) is 90.5 Å². The number of aromatic amines is 1. The van der Waals surface area contributed by atoms with Crippen LogP contribution in [-0.2, 0) is 4.79 Å². The number of carboxylic acids is 1. The van der Waals surface area contributed by atoms with Gasteiger partial charge in [0.2, 0.25) is 0 Å². The molecule has 0 spiro atoms. The molecule has 6 nitrogen and oxygen atoms in total. The molecule has 106 valence electrons. The van der Waals surface area contributed by atoms with E-state index in [1.54, 1.807) is 0 Å². The average Bonchev–Trinajstić information content (AvgIpc) is 3.17. The number of nitrogens with one attached hydrogen (secondary N) is 1. The van der Waals surface area contributed by atoms with Crippen LogP contribution in [0.25, 0.3) is 0 Å². The second kappa shape index (κ2) is 4.97. The molecule has 1 saturated heterocycles. The molecular formula is C13H14N2O4S. The summed E-state index contributed by atoms with van der Waals surface area (Å²) in [5, 5.41) is 9.15. The van der Waals surface area contributed by atoms with Gasteiger partial charge < -0.3 is 15.0 Å². The van der Waals surface area contributed by atoms with E-state index in [1.165, 1.54) is 35.1 Å². The summed E-state index contributed by atoms with van der Waals surface area (Å²) in [4.78, 5) is 39.7. The maximum atomic E-state index is 12.6. The van der Waals surface area contributed by atoms with Crippen molar-refractivity contribution in [2.75, 3.05) is 5.75 Å². The summed E-state index contributed by atoms with van der Waals surface area (Å²) in [6.07, 6.45) is 4.82. The smallest absolute Gasteiger partial charge is 0.327 e. The Bertz CT molecular complexity index is 610. The van der Waals surface area contributed by atoms with E-state index in [4.69, 9.17) is 0 Å². The van der Waals surface area contributed by atoms with E-state index < -0.39 is 17.9 Å². The van der Waals surface area contributed by atoms with Crippen LogP contribution in [-0.4, -0.2) is 44.0 Å². The Morgan fingerprint density at radius 1 is 1.40 bits per heavy atom. The van der Waals surface area contributed by atoms with Gasteiger partial charge in [0.15, 0.2) is 5.43 Å². The van der Waals surface area contributed by atoms with Crippen LogP contribution in [0.3, 0.4) is 0 Å². The van der Waals surface area contributed by atoms with Crippen molar-refractivity contribution in [3.8, 4) is 0 Å². The number of carboxylic acid groups (broad SMARTS) is 1. The Morgan fingerprint density at radius 3 is 2.75 bits per heavy atom. The van der Waals surface area contributed by atoms with Crippen molar-refractivity contribution in [1.82, 2.24) is 9.88 Å². The van der Waals surface area contributed by atoms with Gasteiger partial charge in [-0.2, -0.15) is 0 Å². The maximum absolute atomic E-state index is 12.6. The molecule has 1 aliphatic carbocycles. The largest absolute Gasteiger partial charge is 0.480 e. The summed E-state index contributed by atoms with van der Waals surface area (Å²) in [6, 6.07) is 0.427. The molecule has 1 amide bonds. The highest BCUT2D eigenvalue weighted by Crippen LogP contribution is 2.45. The second-order valence-corrected chi connectivity index (χ2v) is 6.20. The lowest BCUT2D eigenvalue weighted by molar-refractivity contribution is -0.141. The molecule has 1 saturated carbocycles. The monoisotopic (exact) mass is 294 g/mol. The van der Waals surface area contributed by atoms with Crippen LogP contribution in [0, 0.1) is 5.92 Å². The van der Waals surface area contributed by atoms with E-state index in [2.05, 4.69) is 4.98 Å². The third-order valence-corrected chi connectivity index (χ3v) is 5.10. The van der Waals surface area contributed by atoms with Crippen molar-refractivity contribution in [3.05, 3.63) is 34.2 Å². The number of amides is 1. The number of nitrogens with zero attached hydrogens (tertiary/aromatic N) is 1. The number of thioether (sulfide) groups is 1. The van der Waals surface area contributed by atoms with Gasteiger partial charge in [-0.3, -0.25) is 9.59 Å². The van der Waals surface area contributed by atoms with Crippen molar-refractivity contribution in [2.45, 2.75) is 24.3 Å². The fraction of sp³-hybridized carbons (Fsp3) is 0.462. The molecule has 1 aromatic heterocycles. The first kappa shape index (κ1) is 13.2. The molecule has 2 aliphatic rings. The SMILES string of the molecule is O=C(O)C1CSC(C2CC2)N1C(=O)c1c[nH]ccc1=O. The van der Waals surface area contributed by atoms with Crippen molar-refractivity contribution < 1.29 is 14.7 Å². The molecule has 1 aromatic rings. The van der Waals surface area contributed by atoms with Crippen LogP contribution >= 0.6 is 11.8 Å². The van der Waals surface area contributed by atoms with Gasteiger partial charge in [0.25, 0.3) is 5.91 Å². The normalized spacial score (nSPS) is 25.7. The molecule has 3 rings (SSSR count). The first-order chi connectivity index (χ1) is 9.59. The number of hydrogen-bond donors (Lipinski definition) is 2. The quantitative estimate of drug-likeness (QED) is 0.858. The van der Waals surface area contributed by atoms with Gasteiger partial charge in [-0.25, -0.2) is 4.79 Å². The molecule has 7 heteroatoms. The molecule has 2 unspecified atom stereocenters. The number of H-pyrrole nitrogens is 1. The Kier molecular flexibility index (Phi) is 3.29. The lowest BCUT2D eigenvalue weighted by atomic mass is 10.2. The molecule has 0 aromatic carbocycles. The first-order valence-corrected chi connectivity index (χ1v) is 7.48. The zero-order valence-corrected chi connectivity index (χ0v) is 11.4. The molecule has 2 N–H and O–H groups in total. The highest BCUT2D eigenvalue weighted by Gasteiger charge is 2.48. The number of hydrogen-bond acceptors (Lipinski definition) is 4. The Morgan fingerprint density at radius 2 is 2.15 bits per heavy atom. The number of aliphatic carboxylic acids is 1. The fourth-order valence-electron chi connectivity index (χ4n) is 2.44. The van der Waals surface area contributed by atoms with Crippen molar-refractivity contribution in [3.63, 3.8) is 0 Å². The van der Waals surface area contributed by atoms with E-state index >= 15 is 0 Å². The molecule has 2 atom stereocenters. The minimum atomic E-state index is -1.01. The van der Waals surface area contributed by atoms with Gasteiger partial charge in [-0.05, 0) is 18.8 Å². The number of carbonyl (C=O) groups excluding carboxylic acids is 1. The summed E-state index contributed by atoms with van der Waals surface area (Å²) in [5.74, 6) is -0.758. The third kappa shape index (κ3) is 2.22. The zero-order chi connectivity index (χ0) is 14.3. The standard InChI is InChI=1S/C13H14N2O4S/c16-10-3-4-14-5-8(10)11(17)15-9(13(18)19)6-20-12(15)7-1-2-7/h3-5,7,9,12H,1-2,6H2,(H,14,16)(H,18,19). The van der Waals surface area contributed by atoms with Gasteiger partial charge >= 0.3 is 5.97 Å². The highest BCUT2D eigenvalue weighted by atomic mass is 32.2. The molecule has 2 heterocycles. The molecular weight excluding hydrogens is 280 g/mol. The average molecular weight is 294 g/mol. The Balaban J connectivity index is 1.95. The molecule has 1 aliphatic heterocycles. The van der Waals surface area contributed by atoms with E-state index in [1.807, 2.05) is 0 Å². The lowest BCUT2D eigenvalue weighted by Crippen LogP contribution is -2.47. The molecule has 20 heavy (non-hydrogen) atoms. The predicted octanol–water partition coefficient (Wildman–Crippen LogP) is 0.753. The van der Waals surface area contributed by atoms with Crippen LogP contribution in [0.15, 0.2) is 23.3 Å². The molecule has 0 radical (unpaired) electrons. The van der Waals surface area contributed by atoms with Crippen LogP contribution in [0.2, 0.25) is 0 Å². The fourth-order valence-corrected chi connectivity index (χ4v) is 4.07. The second-order valence-electron chi connectivity index (χ2n) is 5.05. The lowest BCUT2D eigenvalue weighted by Gasteiger charge is -2.27. The van der Waals surface area contributed by atoms with E-state index in [-0.39, 0.29) is 16.4 Å². The summed E-state index contributed by atoms with van der Waals surface area (Å²) >= 11 is 1.50. The van der Waals surface area contributed by atoms with Crippen molar-refractivity contribution >= 4 is 23.6 Å². The maximum Gasteiger partial charge on any atom is 0.327 e. The number of pyridine rings is 1. The van der Waals surface area contributed by atoms with E-state index in [0.29, 0.717) is 11.7 Å². The van der Waals surface area contributed by atoms with E-state index in [0.717, 1.165) is 12.8 Å². The minimum absolute atomic E-state index is 0.00639. The third-order valence-electron chi connectivity index (χ3n) is 3.63. The van der Waals surface area contributed by atoms with Crippen LogP contribution in [0.5, 0.6) is 0 Å². The zero-order valence-electron chi connectivity index (χ0n) is 10.6. The van der Waals surface area contributed by atoms with Crippen LogP contribution < -0.4 is 5.43 Å². The van der Waals surface area contributed by atoms with Crippen LogP contribution in [0.4, 0.5) is 0 Å². The summed E-state index contributed by atoms with van der Waals surface area (Å²) < 4.78 is 0. The van der Waals surface area contributed by atoms with E-state index in [9.17, 15) is 19.5 Å². The number of aromatic nitrogens is 1. The van der Waals surface area contributed by atoms with Gasteiger partial charge in [-0.1, -0.05) is 0 Å². The Labute approximate surface area is 119 Å². The minimum Gasteiger partial charge on any atom is -0.480 e.